The van der Waals surface area contributed by atoms with Crippen molar-refractivity contribution in [3.8, 4) is 0 Å². The molecule has 2 aromatic rings. The summed E-state index contributed by atoms with van der Waals surface area (Å²) in [6, 6.07) is 1.10. The van der Waals surface area contributed by atoms with Crippen LogP contribution >= 0.6 is 11.6 Å². The van der Waals surface area contributed by atoms with E-state index in [1.54, 1.807) is 0 Å². The number of carbonyl (C=O) groups is 1. The Labute approximate surface area is 170 Å². The summed E-state index contributed by atoms with van der Waals surface area (Å²) in [5.41, 5.74) is -1.55. The lowest BCUT2D eigenvalue weighted by Crippen LogP contribution is -2.36. The second-order valence-corrected chi connectivity index (χ2v) is 8.85. The number of oxazole rings is 1. The summed E-state index contributed by atoms with van der Waals surface area (Å²) >= 11 is 5.77. The van der Waals surface area contributed by atoms with E-state index in [1.165, 1.54) is 7.11 Å². The Morgan fingerprint density at radius 2 is 2.14 bits per heavy atom. The Bertz CT molecular complexity index is 1040. The normalized spacial score (nSPS) is 22.0. The molecule has 12 heteroatoms. The second-order valence-electron chi connectivity index (χ2n) is 6.66. The van der Waals surface area contributed by atoms with E-state index in [4.69, 9.17) is 20.8 Å². The van der Waals surface area contributed by atoms with Crippen molar-refractivity contribution in [1.29, 1.82) is 0 Å². The molecule has 0 unspecified atom stereocenters. The zero-order valence-corrected chi connectivity index (χ0v) is 16.9. The number of hydrogen-bond acceptors (Lipinski definition) is 7. The van der Waals surface area contributed by atoms with Gasteiger partial charge in [0.2, 0.25) is 15.9 Å². The third-order valence-corrected chi connectivity index (χ3v) is 5.42. The molecule has 29 heavy (non-hydrogen) atoms. The fraction of sp³-hybridized carbons (Fsp3) is 0.412. The maximum absolute atomic E-state index is 14.3. The van der Waals surface area contributed by atoms with Crippen LogP contribution < -0.4 is 4.72 Å². The van der Waals surface area contributed by atoms with Gasteiger partial charge in [-0.15, -0.1) is 0 Å². The zero-order valence-electron chi connectivity index (χ0n) is 15.4. The number of aromatic nitrogens is 1. The monoisotopic (exact) mass is 450 g/mol. The number of esters is 1. The van der Waals surface area contributed by atoms with Gasteiger partial charge in [-0.05, 0) is 11.6 Å². The van der Waals surface area contributed by atoms with Gasteiger partial charge in [0, 0.05) is 24.9 Å². The SMILES string of the molecule is COC(=O)c1coc([C@]2(Cc3cc(Cl)c(F)cc3F)C[C@@H](NS(C)(=O)=O)CO2)n1. The summed E-state index contributed by atoms with van der Waals surface area (Å²) in [4.78, 5) is 15.8. The summed E-state index contributed by atoms with van der Waals surface area (Å²) in [6.45, 7) is -0.0560. The highest BCUT2D eigenvalue weighted by atomic mass is 35.5. The van der Waals surface area contributed by atoms with E-state index in [0.29, 0.717) is 6.07 Å². The minimum atomic E-state index is -3.55. The van der Waals surface area contributed by atoms with Crippen molar-refractivity contribution in [2.45, 2.75) is 24.5 Å². The van der Waals surface area contributed by atoms with Gasteiger partial charge >= 0.3 is 5.97 Å². The second kappa shape index (κ2) is 7.98. The molecule has 2 heterocycles. The highest BCUT2D eigenvalue weighted by Gasteiger charge is 2.47. The third-order valence-electron chi connectivity index (χ3n) is 4.37. The highest BCUT2D eigenvalue weighted by Crippen LogP contribution is 2.40. The molecule has 0 saturated carbocycles. The number of benzene rings is 1. The van der Waals surface area contributed by atoms with E-state index < -0.39 is 39.3 Å². The molecule has 0 aliphatic carbocycles. The molecular formula is C17H17ClF2N2O6S. The highest BCUT2D eigenvalue weighted by molar-refractivity contribution is 7.88. The third kappa shape index (κ3) is 4.74. The van der Waals surface area contributed by atoms with Crippen LogP contribution in [0.5, 0.6) is 0 Å². The largest absolute Gasteiger partial charge is 0.464 e. The number of methoxy groups -OCH3 is 1. The van der Waals surface area contributed by atoms with Crippen LogP contribution in [0.25, 0.3) is 0 Å². The lowest BCUT2D eigenvalue weighted by atomic mass is 9.90. The first-order chi connectivity index (χ1) is 13.5. The molecule has 8 nitrogen and oxygen atoms in total. The molecule has 158 valence electrons. The van der Waals surface area contributed by atoms with Gasteiger partial charge in [0.1, 0.15) is 23.5 Å². The maximum atomic E-state index is 14.3. The number of ether oxygens (including phenoxy) is 2. The maximum Gasteiger partial charge on any atom is 0.360 e. The molecule has 1 aromatic carbocycles. The molecule has 1 N–H and O–H groups in total. The van der Waals surface area contributed by atoms with E-state index in [1.807, 2.05) is 0 Å². The molecule has 2 atom stereocenters. The first-order valence-electron chi connectivity index (χ1n) is 8.32. The number of nitrogens with zero attached hydrogens (tertiary/aromatic N) is 1. The van der Waals surface area contributed by atoms with Crippen molar-refractivity contribution in [3.05, 3.63) is 52.2 Å². The van der Waals surface area contributed by atoms with Crippen LogP contribution in [0.3, 0.4) is 0 Å². The van der Waals surface area contributed by atoms with Crippen LogP contribution in [-0.2, 0) is 31.5 Å². The van der Waals surface area contributed by atoms with E-state index in [9.17, 15) is 22.0 Å². The summed E-state index contributed by atoms with van der Waals surface area (Å²) in [6.07, 6.45) is 1.88. The van der Waals surface area contributed by atoms with Crippen LogP contribution in [-0.4, -0.2) is 45.4 Å². The average Bonchev–Trinajstić information content (AvgIpc) is 3.26. The molecule has 0 radical (unpaired) electrons. The van der Waals surface area contributed by atoms with Crippen LogP contribution in [0.2, 0.25) is 5.02 Å². The van der Waals surface area contributed by atoms with E-state index >= 15 is 0 Å². The quantitative estimate of drug-likeness (QED) is 0.530. The average molecular weight is 451 g/mol. The molecular weight excluding hydrogens is 434 g/mol. The fourth-order valence-electron chi connectivity index (χ4n) is 3.19. The molecule has 1 aromatic heterocycles. The molecule has 0 bridgehead atoms. The van der Waals surface area contributed by atoms with Crippen LogP contribution in [0.1, 0.15) is 28.4 Å². The first-order valence-corrected chi connectivity index (χ1v) is 10.6. The number of rotatable bonds is 6. The van der Waals surface area contributed by atoms with Gasteiger partial charge in [-0.3, -0.25) is 0 Å². The molecule has 1 fully saturated rings. The van der Waals surface area contributed by atoms with E-state index in [0.717, 1.165) is 18.6 Å². The van der Waals surface area contributed by atoms with Gasteiger partial charge in [-0.1, -0.05) is 11.6 Å². The van der Waals surface area contributed by atoms with Gasteiger partial charge in [-0.2, -0.15) is 0 Å². The first kappa shape index (κ1) is 21.6. The van der Waals surface area contributed by atoms with Crippen molar-refractivity contribution < 1.29 is 35.9 Å². The summed E-state index contributed by atoms with van der Waals surface area (Å²) < 4.78 is 69.2. The predicted octanol–water partition coefficient (Wildman–Crippen LogP) is 2.17. The van der Waals surface area contributed by atoms with Crippen molar-refractivity contribution in [2.24, 2.45) is 0 Å². The Kier molecular flexibility index (Phi) is 5.95. The van der Waals surface area contributed by atoms with E-state index in [2.05, 4.69) is 14.4 Å². The molecule has 0 amide bonds. The van der Waals surface area contributed by atoms with Crippen LogP contribution in [0, 0.1) is 11.6 Å². The number of carbonyl (C=O) groups excluding carboxylic acids is 1. The number of hydrogen-bond donors (Lipinski definition) is 1. The molecule has 0 spiro atoms. The zero-order chi connectivity index (χ0) is 21.4. The minimum absolute atomic E-state index is 0.00854. The summed E-state index contributed by atoms with van der Waals surface area (Å²) in [5.74, 6) is -2.62. The Hall–Kier alpha value is -2.08. The molecule has 3 rings (SSSR count). The molecule has 1 saturated heterocycles. The predicted molar refractivity (Wildman–Crippen MR) is 96.9 cm³/mol. The Morgan fingerprint density at radius 3 is 2.79 bits per heavy atom. The standard InChI is InChI=1S/C17H17ClF2N2O6S/c1-26-15(23)14-8-27-16(21-14)17(6-10(7-28-17)22-29(2,24)25)5-9-3-11(18)13(20)4-12(9)19/h3-4,8,10,22H,5-7H2,1-2H3/t10-,17+/m1/s1. The van der Waals surface area contributed by atoms with Gasteiger partial charge in [0.25, 0.3) is 0 Å². The topological polar surface area (TPSA) is 108 Å². The van der Waals surface area contributed by atoms with Gasteiger partial charge < -0.3 is 13.9 Å². The fourth-order valence-corrected chi connectivity index (χ4v) is 4.13. The van der Waals surface area contributed by atoms with Crippen molar-refractivity contribution >= 4 is 27.6 Å². The smallest absolute Gasteiger partial charge is 0.360 e. The van der Waals surface area contributed by atoms with Crippen molar-refractivity contribution in [1.82, 2.24) is 9.71 Å². The Morgan fingerprint density at radius 1 is 1.41 bits per heavy atom. The van der Waals surface area contributed by atoms with Gasteiger partial charge in [0.15, 0.2) is 5.69 Å². The van der Waals surface area contributed by atoms with Gasteiger partial charge in [-0.25, -0.2) is 31.7 Å². The summed E-state index contributed by atoms with van der Waals surface area (Å²) in [5, 5.41) is -0.289. The van der Waals surface area contributed by atoms with Crippen LogP contribution in [0.15, 0.2) is 22.8 Å². The molecule has 1 aliphatic rings. The number of halogens is 3. The lowest BCUT2D eigenvalue weighted by Gasteiger charge is -2.25. The van der Waals surface area contributed by atoms with Crippen molar-refractivity contribution in [3.63, 3.8) is 0 Å². The number of sulfonamides is 1. The van der Waals surface area contributed by atoms with E-state index in [-0.39, 0.29) is 41.6 Å². The summed E-state index contributed by atoms with van der Waals surface area (Å²) in [7, 11) is -2.38. The number of nitrogens with one attached hydrogen (secondary N) is 1. The minimum Gasteiger partial charge on any atom is -0.464 e. The van der Waals surface area contributed by atoms with Crippen LogP contribution in [0.4, 0.5) is 8.78 Å². The van der Waals surface area contributed by atoms with Gasteiger partial charge in [0.05, 0.1) is 25.0 Å². The van der Waals surface area contributed by atoms with Crippen molar-refractivity contribution in [2.75, 3.05) is 20.0 Å². The Balaban J connectivity index is 2.00. The lowest BCUT2D eigenvalue weighted by molar-refractivity contribution is -0.0221. The molecule has 1 aliphatic heterocycles.